The summed E-state index contributed by atoms with van der Waals surface area (Å²) in [6.07, 6.45) is 1.71. The van der Waals surface area contributed by atoms with E-state index < -0.39 is 5.97 Å². The van der Waals surface area contributed by atoms with Gasteiger partial charge in [0, 0.05) is 11.6 Å². The average Bonchev–Trinajstić information content (AvgIpc) is 2.75. The first-order valence-electron chi connectivity index (χ1n) is 3.50. The van der Waals surface area contributed by atoms with Crippen molar-refractivity contribution >= 4 is 28.6 Å². The molecule has 0 saturated heterocycles. The summed E-state index contributed by atoms with van der Waals surface area (Å²) in [7, 11) is 0. The van der Waals surface area contributed by atoms with Crippen molar-refractivity contribution in [2.75, 3.05) is 0 Å². The fourth-order valence-electron chi connectivity index (χ4n) is 0.913. The lowest BCUT2D eigenvalue weighted by Gasteiger charge is -1.85. The van der Waals surface area contributed by atoms with Crippen molar-refractivity contribution in [3.8, 4) is 9.88 Å². The van der Waals surface area contributed by atoms with E-state index in [1.807, 2.05) is 5.38 Å². The lowest BCUT2D eigenvalue weighted by Crippen LogP contribution is -1.89. The van der Waals surface area contributed by atoms with E-state index in [9.17, 15) is 4.79 Å². The number of nitrogens with zero attached hydrogens (tertiary/aromatic N) is 1. The fraction of sp³-hybridized carbons (Fsp3) is 0. The van der Waals surface area contributed by atoms with Crippen molar-refractivity contribution in [1.29, 1.82) is 0 Å². The van der Waals surface area contributed by atoms with Crippen LogP contribution in [0.5, 0.6) is 0 Å². The number of carbonyl (C=O) groups is 1. The Morgan fingerprint density at radius 1 is 1.46 bits per heavy atom. The van der Waals surface area contributed by atoms with Crippen LogP contribution in [-0.4, -0.2) is 16.1 Å². The summed E-state index contributed by atoms with van der Waals surface area (Å²) in [5, 5.41) is 11.4. The SMILES string of the molecule is O=C(O)c1ccc(-c2nccs2)s1. The van der Waals surface area contributed by atoms with E-state index in [-0.39, 0.29) is 0 Å². The number of hydrogen-bond donors (Lipinski definition) is 1. The molecule has 0 aliphatic carbocycles. The predicted octanol–water partition coefficient (Wildman–Crippen LogP) is 2.57. The maximum Gasteiger partial charge on any atom is 0.345 e. The van der Waals surface area contributed by atoms with Crippen LogP contribution >= 0.6 is 22.7 Å². The van der Waals surface area contributed by atoms with Crippen LogP contribution in [0.1, 0.15) is 9.67 Å². The van der Waals surface area contributed by atoms with Gasteiger partial charge in [-0.3, -0.25) is 0 Å². The molecule has 5 heteroatoms. The normalized spacial score (nSPS) is 10.2. The minimum Gasteiger partial charge on any atom is -0.477 e. The van der Waals surface area contributed by atoms with Gasteiger partial charge in [0.25, 0.3) is 0 Å². The van der Waals surface area contributed by atoms with Crippen molar-refractivity contribution in [3.63, 3.8) is 0 Å². The van der Waals surface area contributed by atoms with E-state index in [2.05, 4.69) is 4.98 Å². The molecule has 2 aromatic heterocycles. The van der Waals surface area contributed by atoms with Crippen molar-refractivity contribution < 1.29 is 9.90 Å². The lowest BCUT2D eigenvalue weighted by atomic mass is 10.4. The van der Waals surface area contributed by atoms with Gasteiger partial charge in [-0.25, -0.2) is 9.78 Å². The van der Waals surface area contributed by atoms with Crippen LogP contribution in [0, 0.1) is 0 Å². The van der Waals surface area contributed by atoms with Gasteiger partial charge in [0.1, 0.15) is 9.88 Å². The molecule has 0 aliphatic heterocycles. The third-order valence-corrected chi connectivity index (χ3v) is 3.48. The van der Waals surface area contributed by atoms with Gasteiger partial charge in [-0.05, 0) is 12.1 Å². The highest BCUT2D eigenvalue weighted by Crippen LogP contribution is 2.29. The van der Waals surface area contributed by atoms with E-state index in [1.54, 1.807) is 18.3 Å². The third kappa shape index (κ3) is 1.61. The maximum atomic E-state index is 10.6. The zero-order chi connectivity index (χ0) is 9.26. The van der Waals surface area contributed by atoms with E-state index in [4.69, 9.17) is 5.11 Å². The summed E-state index contributed by atoms with van der Waals surface area (Å²) in [6, 6.07) is 3.39. The molecule has 0 radical (unpaired) electrons. The highest BCUT2D eigenvalue weighted by molar-refractivity contribution is 7.22. The molecular formula is C8H5NO2S2. The van der Waals surface area contributed by atoms with Crippen LogP contribution in [0.4, 0.5) is 0 Å². The molecule has 2 aromatic rings. The lowest BCUT2D eigenvalue weighted by molar-refractivity contribution is 0.0702. The highest BCUT2D eigenvalue weighted by atomic mass is 32.1. The van der Waals surface area contributed by atoms with Gasteiger partial charge in [-0.15, -0.1) is 22.7 Å². The van der Waals surface area contributed by atoms with Gasteiger partial charge in [-0.2, -0.15) is 0 Å². The van der Waals surface area contributed by atoms with Crippen LogP contribution in [0.25, 0.3) is 9.88 Å². The van der Waals surface area contributed by atoms with E-state index >= 15 is 0 Å². The van der Waals surface area contributed by atoms with Gasteiger partial charge in [-0.1, -0.05) is 0 Å². The van der Waals surface area contributed by atoms with E-state index in [0.717, 1.165) is 9.88 Å². The van der Waals surface area contributed by atoms with Crippen LogP contribution in [0.3, 0.4) is 0 Å². The molecule has 0 unspecified atom stereocenters. The van der Waals surface area contributed by atoms with Gasteiger partial charge >= 0.3 is 5.97 Å². The molecule has 2 heterocycles. The summed E-state index contributed by atoms with van der Waals surface area (Å²) < 4.78 is 0. The molecule has 66 valence electrons. The Hall–Kier alpha value is -1.20. The Balaban J connectivity index is 2.39. The van der Waals surface area contributed by atoms with Crippen molar-refractivity contribution in [1.82, 2.24) is 4.98 Å². The summed E-state index contributed by atoms with van der Waals surface area (Å²) in [5.74, 6) is -0.882. The first kappa shape index (κ1) is 8.40. The number of hydrogen-bond acceptors (Lipinski definition) is 4. The Kier molecular flexibility index (Phi) is 2.12. The minimum absolute atomic E-state index is 0.352. The second-order valence-corrected chi connectivity index (χ2v) is 4.28. The summed E-state index contributed by atoms with van der Waals surface area (Å²) in [6.45, 7) is 0. The fourth-order valence-corrected chi connectivity index (χ4v) is 2.48. The molecule has 0 fully saturated rings. The zero-order valence-electron chi connectivity index (χ0n) is 6.43. The summed E-state index contributed by atoms with van der Waals surface area (Å²) in [5.41, 5.74) is 0. The number of carboxylic acids is 1. The van der Waals surface area contributed by atoms with E-state index in [0.29, 0.717) is 4.88 Å². The van der Waals surface area contributed by atoms with Crippen molar-refractivity contribution in [2.45, 2.75) is 0 Å². The number of aromatic nitrogens is 1. The standard InChI is InChI=1S/C8H5NO2S2/c10-8(11)6-2-1-5(13-6)7-9-3-4-12-7/h1-4H,(H,10,11). The van der Waals surface area contributed by atoms with Gasteiger partial charge < -0.3 is 5.11 Å². The molecule has 0 atom stereocenters. The molecule has 0 bridgehead atoms. The molecule has 3 nitrogen and oxygen atoms in total. The van der Waals surface area contributed by atoms with Gasteiger partial charge in [0.15, 0.2) is 0 Å². The third-order valence-electron chi connectivity index (χ3n) is 1.46. The first-order valence-corrected chi connectivity index (χ1v) is 5.20. The number of rotatable bonds is 2. The smallest absolute Gasteiger partial charge is 0.345 e. The van der Waals surface area contributed by atoms with Crippen molar-refractivity contribution in [3.05, 3.63) is 28.6 Å². The largest absolute Gasteiger partial charge is 0.477 e. The monoisotopic (exact) mass is 211 g/mol. The van der Waals surface area contributed by atoms with Gasteiger partial charge in [0.05, 0.1) is 4.88 Å². The molecule has 1 N–H and O–H groups in total. The van der Waals surface area contributed by atoms with E-state index in [1.165, 1.54) is 22.7 Å². The molecule has 13 heavy (non-hydrogen) atoms. The number of thiazole rings is 1. The second-order valence-electron chi connectivity index (χ2n) is 2.31. The minimum atomic E-state index is -0.882. The molecule has 2 rings (SSSR count). The number of carboxylic acid groups (broad SMARTS) is 1. The maximum absolute atomic E-state index is 10.6. The number of thiophene rings is 1. The Labute approximate surface area is 82.3 Å². The molecule has 0 saturated carbocycles. The molecule has 0 amide bonds. The van der Waals surface area contributed by atoms with Crippen LogP contribution in [0.15, 0.2) is 23.7 Å². The summed E-state index contributed by atoms with van der Waals surface area (Å²) in [4.78, 5) is 15.9. The molecule has 0 aliphatic rings. The number of aromatic carboxylic acids is 1. The average molecular weight is 211 g/mol. The van der Waals surface area contributed by atoms with Crippen LogP contribution < -0.4 is 0 Å². The topological polar surface area (TPSA) is 50.2 Å². The van der Waals surface area contributed by atoms with Gasteiger partial charge in [0.2, 0.25) is 0 Å². The zero-order valence-corrected chi connectivity index (χ0v) is 8.06. The Morgan fingerprint density at radius 2 is 2.31 bits per heavy atom. The summed E-state index contributed by atoms with van der Waals surface area (Å²) >= 11 is 2.75. The Bertz CT molecular complexity index is 419. The molecule has 0 spiro atoms. The second kappa shape index (κ2) is 3.27. The van der Waals surface area contributed by atoms with Crippen LogP contribution in [0.2, 0.25) is 0 Å². The molecule has 0 aromatic carbocycles. The predicted molar refractivity (Wildman–Crippen MR) is 52.4 cm³/mol. The van der Waals surface area contributed by atoms with Crippen molar-refractivity contribution in [2.24, 2.45) is 0 Å². The highest BCUT2D eigenvalue weighted by Gasteiger charge is 2.09. The first-order chi connectivity index (χ1) is 6.27. The quantitative estimate of drug-likeness (QED) is 0.830. The Morgan fingerprint density at radius 3 is 2.85 bits per heavy atom. The molecular weight excluding hydrogens is 206 g/mol. The van der Waals surface area contributed by atoms with Crippen LogP contribution in [-0.2, 0) is 0 Å².